The van der Waals surface area contributed by atoms with Crippen LogP contribution in [0.1, 0.15) is 31.4 Å². The van der Waals surface area contributed by atoms with Gasteiger partial charge in [0.1, 0.15) is 6.54 Å². The van der Waals surface area contributed by atoms with Crippen LogP contribution in [0, 0.1) is 6.92 Å². The molecule has 0 unspecified atom stereocenters. The minimum Gasteiger partial charge on any atom is -0.481 e. The number of aromatic nitrogens is 1. The summed E-state index contributed by atoms with van der Waals surface area (Å²) in [5, 5.41) is 8.50. The number of hydrogen-bond donors (Lipinski definition) is 2. The standard InChI is InChI=1S/C12H17NO5S/c1-10-6-7-11(19(16,17)18)9-13(10)8-4-2-3-5-12(14)15/h6-7,9H,2-5,8H2,1H3,(H-,14,15,16,17,18)/p+1. The molecule has 0 aromatic carbocycles. The molecule has 0 spiro atoms. The second-order valence-electron chi connectivity index (χ2n) is 4.38. The molecule has 0 fully saturated rings. The van der Waals surface area contributed by atoms with Crippen molar-refractivity contribution in [2.45, 2.75) is 44.0 Å². The second kappa shape index (κ2) is 6.63. The van der Waals surface area contributed by atoms with Crippen molar-refractivity contribution in [1.82, 2.24) is 0 Å². The Labute approximate surface area is 112 Å². The van der Waals surface area contributed by atoms with Gasteiger partial charge in [0.25, 0.3) is 10.1 Å². The second-order valence-corrected chi connectivity index (χ2v) is 5.80. The molecule has 7 heteroatoms. The lowest BCUT2D eigenvalue weighted by Crippen LogP contribution is -2.37. The predicted octanol–water partition coefficient (Wildman–Crippen LogP) is 1.17. The van der Waals surface area contributed by atoms with Crippen molar-refractivity contribution in [3.05, 3.63) is 24.0 Å². The van der Waals surface area contributed by atoms with Crippen LogP contribution < -0.4 is 4.57 Å². The first-order chi connectivity index (χ1) is 8.80. The van der Waals surface area contributed by atoms with Gasteiger partial charge in [-0.25, -0.2) is 4.57 Å². The van der Waals surface area contributed by atoms with E-state index in [1.807, 2.05) is 6.92 Å². The summed E-state index contributed by atoms with van der Waals surface area (Å²) in [6, 6.07) is 2.98. The summed E-state index contributed by atoms with van der Waals surface area (Å²) in [6.45, 7) is 2.43. The maximum Gasteiger partial charge on any atom is 0.303 e. The zero-order valence-corrected chi connectivity index (χ0v) is 11.6. The minimum atomic E-state index is -4.19. The fourth-order valence-electron chi connectivity index (χ4n) is 1.73. The highest BCUT2D eigenvalue weighted by atomic mass is 32.2. The van der Waals surface area contributed by atoms with Gasteiger partial charge in [-0.3, -0.25) is 9.35 Å². The third-order valence-corrected chi connectivity index (χ3v) is 3.65. The number of aryl methyl sites for hydroxylation is 2. The van der Waals surface area contributed by atoms with E-state index in [0.717, 1.165) is 18.5 Å². The highest BCUT2D eigenvalue weighted by molar-refractivity contribution is 7.85. The summed E-state index contributed by atoms with van der Waals surface area (Å²) in [5.74, 6) is -0.808. The summed E-state index contributed by atoms with van der Waals surface area (Å²) in [5.41, 5.74) is 0.880. The average Bonchev–Trinajstić information content (AvgIpc) is 2.29. The van der Waals surface area contributed by atoms with E-state index in [4.69, 9.17) is 9.66 Å². The topological polar surface area (TPSA) is 95.6 Å². The molecule has 1 aromatic heterocycles. The Hall–Kier alpha value is -1.47. The number of carboxylic acids is 1. The van der Waals surface area contributed by atoms with Gasteiger partial charge in [0.15, 0.2) is 16.8 Å². The summed E-state index contributed by atoms with van der Waals surface area (Å²) >= 11 is 0. The number of hydrogen-bond acceptors (Lipinski definition) is 3. The van der Waals surface area contributed by atoms with Crippen molar-refractivity contribution in [1.29, 1.82) is 0 Å². The quantitative estimate of drug-likeness (QED) is 0.446. The highest BCUT2D eigenvalue weighted by Crippen LogP contribution is 2.06. The van der Waals surface area contributed by atoms with Crippen LogP contribution in [0.25, 0.3) is 0 Å². The highest BCUT2D eigenvalue weighted by Gasteiger charge is 2.16. The van der Waals surface area contributed by atoms with E-state index in [2.05, 4.69) is 0 Å². The first-order valence-corrected chi connectivity index (χ1v) is 7.44. The molecule has 0 radical (unpaired) electrons. The third kappa shape index (κ3) is 5.35. The molecule has 0 saturated carbocycles. The van der Waals surface area contributed by atoms with Gasteiger partial charge in [-0.15, -0.1) is 0 Å². The van der Waals surface area contributed by atoms with Gasteiger partial charge in [-0.2, -0.15) is 8.42 Å². The molecule has 0 amide bonds. The molecule has 0 atom stereocenters. The zero-order chi connectivity index (χ0) is 14.5. The maximum absolute atomic E-state index is 11.0. The minimum absolute atomic E-state index is 0.136. The van der Waals surface area contributed by atoms with Gasteiger partial charge in [0.2, 0.25) is 0 Å². The Balaban J connectivity index is 2.60. The molecule has 1 heterocycles. The van der Waals surface area contributed by atoms with Crippen LogP contribution in [0.5, 0.6) is 0 Å². The molecule has 2 N–H and O–H groups in total. The molecule has 106 valence electrons. The Morgan fingerprint density at radius 3 is 2.53 bits per heavy atom. The van der Waals surface area contributed by atoms with Gasteiger partial charge in [-0.05, 0) is 18.9 Å². The SMILES string of the molecule is Cc1ccc(S(=O)(=O)O)c[n+]1CCCCCC(=O)O. The van der Waals surface area contributed by atoms with Crippen molar-refractivity contribution in [2.75, 3.05) is 0 Å². The first-order valence-electron chi connectivity index (χ1n) is 6.00. The molecular formula is C12H18NO5S+. The maximum atomic E-state index is 11.0. The van der Waals surface area contributed by atoms with Gasteiger partial charge in [0, 0.05) is 25.8 Å². The van der Waals surface area contributed by atoms with E-state index in [9.17, 15) is 13.2 Å². The van der Waals surface area contributed by atoms with Crippen LogP contribution in [0.3, 0.4) is 0 Å². The van der Waals surface area contributed by atoms with E-state index in [1.54, 1.807) is 10.6 Å². The van der Waals surface area contributed by atoms with Crippen molar-refractivity contribution in [2.24, 2.45) is 0 Å². The normalized spacial score (nSPS) is 11.5. The number of unbranched alkanes of at least 4 members (excludes halogenated alkanes) is 2. The fourth-order valence-corrected chi connectivity index (χ4v) is 2.23. The summed E-state index contributed by atoms with van der Waals surface area (Å²) in [7, 11) is -4.19. The van der Waals surface area contributed by atoms with Crippen molar-refractivity contribution in [3.63, 3.8) is 0 Å². The van der Waals surface area contributed by atoms with Gasteiger partial charge in [0.05, 0.1) is 0 Å². The number of aliphatic carboxylic acids is 1. The van der Waals surface area contributed by atoms with Crippen molar-refractivity contribution >= 4 is 16.1 Å². The largest absolute Gasteiger partial charge is 0.481 e. The van der Waals surface area contributed by atoms with E-state index in [1.165, 1.54) is 12.3 Å². The van der Waals surface area contributed by atoms with Gasteiger partial charge < -0.3 is 5.11 Å². The molecule has 1 aromatic rings. The Kier molecular flexibility index (Phi) is 5.44. The lowest BCUT2D eigenvalue weighted by molar-refractivity contribution is -0.705. The molecule has 0 aliphatic heterocycles. The molecule has 6 nitrogen and oxygen atoms in total. The summed E-state index contributed by atoms with van der Waals surface area (Å²) < 4.78 is 32.8. The number of carboxylic acid groups (broad SMARTS) is 1. The van der Waals surface area contributed by atoms with Crippen molar-refractivity contribution < 1.29 is 27.4 Å². The number of pyridine rings is 1. The van der Waals surface area contributed by atoms with Gasteiger partial charge >= 0.3 is 5.97 Å². The Morgan fingerprint density at radius 1 is 1.26 bits per heavy atom. The molecule has 0 aliphatic carbocycles. The van der Waals surface area contributed by atoms with Crippen LogP contribution in [-0.4, -0.2) is 24.0 Å². The third-order valence-electron chi connectivity index (χ3n) is 2.81. The molecular weight excluding hydrogens is 270 g/mol. The van der Waals surface area contributed by atoms with E-state index in [0.29, 0.717) is 13.0 Å². The smallest absolute Gasteiger partial charge is 0.303 e. The van der Waals surface area contributed by atoms with E-state index in [-0.39, 0.29) is 11.3 Å². The summed E-state index contributed by atoms with van der Waals surface area (Å²) in [4.78, 5) is 10.2. The van der Waals surface area contributed by atoms with Crippen LogP contribution in [0.15, 0.2) is 23.2 Å². The molecule has 0 bridgehead atoms. The van der Waals surface area contributed by atoms with Crippen LogP contribution in [0.2, 0.25) is 0 Å². The Morgan fingerprint density at radius 2 is 1.95 bits per heavy atom. The van der Waals surface area contributed by atoms with Crippen LogP contribution in [-0.2, 0) is 21.5 Å². The molecule has 0 saturated heterocycles. The lowest BCUT2D eigenvalue weighted by Gasteiger charge is -2.02. The fraction of sp³-hybridized carbons (Fsp3) is 0.500. The zero-order valence-electron chi connectivity index (χ0n) is 10.7. The molecule has 0 aliphatic rings. The van der Waals surface area contributed by atoms with Gasteiger partial charge in [-0.1, -0.05) is 0 Å². The number of rotatable bonds is 7. The van der Waals surface area contributed by atoms with Crippen LogP contribution >= 0.6 is 0 Å². The molecule has 19 heavy (non-hydrogen) atoms. The predicted molar refractivity (Wildman–Crippen MR) is 67.3 cm³/mol. The summed E-state index contributed by atoms with van der Waals surface area (Å²) in [6.07, 6.45) is 3.66. The number of carbonyl (C=O) groups is 1. The monoisotopic (exact) mass is 288 g/mol. The lowest BCUT2D eigenvalue weighted by atomic mass is 10.2. The first kappa shape index (κ1) is 15.6. The number of nitrogens with zero attached hydrogens (tertiary/aromatic N) is 1. The van der Waals surface area contributed by atoms with E-state index >= 15 is 0 Å². The Bertz CT molecular complexity index is 553. The van der Waals surface area contributed by atoms with Crippen LogP contribution in [0.4, 0.5) is 0 Å². The average molecular weight is 288 g/mol. The molecule has 1 rings (SSSR count). The van der Waals surface area contributed by atoms with Crippen molar-refractivity contribution in [3.8, 4) is 0 Å². The van der Waals surface area contributed by atoms with E-state index < -0.39 is 16.1 Å².